The lowest BCUT2D eigenvalue weighted by atomic mass is 10.3. The fraction of sp³-hybridized carbons (Fsp3) is 0.455. The summed E-state index contributed by atoms with van der Waals surface area (Å²) in [6.07, 6.45) is 0. The molecular weight excluding hydrogens is 274 g/mol. The Kier molecular flexibility index (Phi) is 4.98. The Labute approximate surface area is 113 Å². The molecule has 0 radical (unpaired) electrons. The minimum Gasteiger partial charge on any atom is -0.398 e. The number of sulfonamides is 1. The molecule has 0 bridgehead atoms. The maximum absolute atomic E-state index is 12.1. The average molecular weight is 292 g/mol. The molecule has 0 aromatic heterocycles. The molecule has 102 valence electrons. The summed E-state index contributed by atoms with van der Waals surface area (Å²) in [5, 5.41) is 0.338. The number of halogens is 1. The van der Waals surface area contributed by atoms with E-state index in [1.165, 1.54) is 12.1 Å². The molecule has 0 heterocycles. The zero-order valence-corrected chi connectivity index (χ0v) is 12.2. The lowest BCUT2D eigenvalue weighted by Gasteiger charge is -2.19. The van der Waals surface area contributed by atoms with Crippen molar-refractivity contribution < 1.29 is 8.42 Å². The van der Waals surface area contributed by atoms with Crippen LogP contribution in [0.4, 0.5) is 5.69 Å². The topological polar surface area (TPSA) is 75.4 Å². The van der Waals surface area contributed by atoms with Crippen LogP contribution in [-0.4, -0.2) is 40.0 Å². The Balaban J connectivity index is 2.96. The molecule has 5 nitrogen and oxygen atoms in total. The van der Waals surface area contributed by atoms with Crippen molar-refractivity contribution >= 4 is 27.3 Å². The highest BCUT2D eigenvalue weighted by atomic mass is 35.5. The third-order valence-electron chi connectivity index (χ3n) is 2.26. The first kappa shape index (κ1) is 15.2. The van der Waals surface area contributed by atoms with Gasteiger partial charge >= 0.3 is 0 Å². The first-order valence-corrected chi connectivity index (χ1v) is 7.30. The average Bonchev–Trinajstić information content (AvgIpc) is 2.19. The van der Waals surface area contributed by atoms with Crippen molar-refractivity contribution in [1.82, 2.24) is 9.62 Å². The zero-order chi connectivity index (χ0) is 13.9. The molecule has 0 saturated heterocycles. The number of rotatable bonds is 5. The summed E-state index contributed by atoms with van der Waals surface area (Å²) in [4.78, 5) is 1.91. The lowest BCUT2D eigenvalue weighted by molar-refractivity contribution is 0.370. The minimum atomic E-state index is -3.64. The van der Waals surface area contributed by atoms with Gasteiger partial charge in [-0.05, 0) is 39.2 Å². The van der Waals surface area contributed by atoms with E-state index in [1.807, 2.05) is 19.0 Å². The van der Waals surface area contributed by atoms with Crippen molar-refractivity contribution in [1.29, 1.82) is 0 Å². The number of hydrogen-bond donors (Lipinski definition) is 2. The number of nitrogens with two attached hydrogens (primary N) is 1. The molecule has 1 aromatic carbocycles. The second-order valence-electron chi connectivity index (χ2n) is 4.47. The number of nitrogens with zero attached hydrogens (tertiary/aromatic N) is 1. The highest BCUT2D eigenvalue weighted by Gasteiger charge is 2.20. The zero-order valence-electron chi connectivity index (χ0n) is 10.6. The van der Waals surface area contributed by atoms with E-state index in [1.54, 1.807) is 13.0 Å². The molecule has 7 heteroatoms. The monoisotopic (exact) mass is 291 g/mol. The van der Waals surface area contributed by atoms with Crippen molar-refractivity contribution in [3.63, 3.8) is 0 Å². The molecular formula is C11H18ClN3O2S. The lowest BCUT2D eigenvalue weighted by Crippen LogP contribution is -2.39. The second kappa shape index (κ2) is 5.88. The molecule has 18 heavy (non-hydrogen) atoms. The van der Waals surface area contributed by atoms with Crippen molar-refractivity contribution in [2.45, 2.75) is 17.9 Å². The van der Waals surface area contributed by atoms with Gasteiger partial charge in [0.2, 0.25) is 10.0 Å². The summed E-state index contributed by atoms with van der Waals surface area (Å²) in [6, 6.07) is 4.16. The quantitative estimate of drug-likeness (QED) is 0.798. The molecule has 0 amide bonds. The normalized spacial score (nSPS) is 13.8. The summed E-state index contributed by atoms with van der Waals surface area (Å²) in [5.74, 6) is 0. The third kappa shape index (κ3) is 4.13. The highest BCUT2D eigenvalue weighted by Crippen LogP contribution is 2.22. The molecule has 1 unspecified atom stereocenters. The van der Waals surface area contributed by atoms with Crippen LogP contribution in [0.1, 0.15) is 6.92 Å². The summed E-state index contributed by atoms with van der Waals surface area (Å²) >= 11 is 5.79. The van der Waals surface area contributed by atoms with Gasteiger partial charge in [-0.1, -0.05) is 11.6 Å². The van der Waals surface area contributed by atoms with Crippen LogP contribution in [0.25, 0.3) is 0 Å². The minimum absolute atomic E-state index is 0.0145. The molecule has 0 spiro atoms. The number of nitrogen functional groups attached to an aromatic ring is 1. The van der Waals surface area contributed by atoms with Gasteiger partial charge in [0.25, 0.3) is 0 Å². The largest absolute Gasteiger partial charge is 0.398 e. The first-order valence-electron chi connectivity index (χ1n) is 5.44. The molecule has 0 aliphatic carbocycles. The SMILES string of the molecule is CC(CN(C)C)NS(=O)(=O)c1cc(Cl)ccc1N. The standard InChI is InChI=1S/C11H18ClN3O2S/c1-8(7-15(2)3)14-18(16,17)11-6-9(12)4-5-10(11)13/h4-6,8,14H,7,13H2,1-3H3. The van der Waals surface area contributed by atoms with E-state index in [9.17, 15) is 8.42 Å². The fourth-order valence-electron chi connectivity index (χ4n) is 1.65. The Morgan fingerprint density at radius 1 is 1.44 bits per heavy atom. The predicted octanol–water partition coefficient (Wildman–Crippen LogP) is 1.15. The van der Waals surface area contributed by atoms with Gasteiger partial charge in [-0.15, -0.1) is 0 Å². The molecule has 1 rings (SSSR count). The first-order chi connectivity index (χ1) is 8.22. The number of likely N-dealkylation sites (N-methyl/N-ethyl adjacent to an activating group) is 1. The van der Waals surface area contributed by atoms with Crippen molar-refractivity contribution in [2.24, 2.45) is 0 Å². The molecule has 1 atom stereocenters. The molecule has 0 fully saturated rings. The van der Waals surface area contributed by atoms with E-state index >= 15 is 0 Å². The predicted molar refractivity (Wildman–Crippen MR) is 74.2 cm³/mol. The molecule has 0 aliphatic heterocycles. The van der Waals surface area contributed by atoms with Gasteiger partial charge in [0.15, 0.2) is 0 Å². The van der Waals surface area contributed by atoms with Crippen LogP contribution in [0.3, 0.4) is 0 Å². The molecule has 0 saturated carbocycles. The smallest absolute Gasteiger partial charge is 0.242 e. The van der Waals surface area contributed by atoms with Gasteiger partial charge in [-0.25, -0.2) is 13.1 Å². The fourth-order valence-corrected chi connectivity index (χ4v) is 3.28. The number of nitrogens with one attached hydrogen (secondary N) is 1. The Morgan fingerprint density at radius 3 is 2.61 bits per heavy atom. The van der Waals surface area contributed by atoms with Crippen molar-refractivity contribution in [2.75, 3.05) is 26.4 Å². The number of benzene rings is 1. The summed E-state index contributed by atoms with van der Waals surface area (Å²) < 4.78 is 26.8. The Hall–Kier alpha value is -0.820. The molecule has 0 aliphatic rings. The molecule has 1 aromatic rings. The second-order valence-corrected chi connectivity index (χ2v) is 6.59. The van der Waals surface area contributed by atoms with Crippen LogP contribution >= 0.6 is 11.6 Å². The van der Waals surface area contributed by atoms with Gasteiger partial charge in [0, 0.05) is 17.6 Å². The van der Waals surface area contributed by atoms with Crippen molar-refractivity contribution in [3.8, 4) is 0 Å². The van der Waals surface area contributed by atoms with Crippen LogP contribution in [0.15, 0.2) is 23.1 Å². The van der Waals surface area contributed by atoms with Crippen LogP contribution in [0.2, 0.25) is 5.02 Å². The van der Waals surface area contributed by atoms with Crippen LogP contribution < -0.4 is 10.5 Å². The van der Waals surface area contributed by atoms with Crippen LogP contribution in [0.5, 0.6) is 0 Å². The highest BCUT2D eigenvalue weighted by molar-refractivity contribution is 7.89. The van der Waals surface area contributed by atoms with Gasteiger partial charge in [-0.3, -0.25) is 0 Å². The Bertz CT molecular complexity index is 517. The van der Waals surface area contributed by atoms with Crippen molar-refractivity contribution in [3.05, 3.63) is 23.2 Å². The third-order valence-corrected chi connectivity index (χ3v) is 4.14. The van der Waals surface area contributed by atoms with Gasteiger partial charge in [0.1, 0.15) is 4.90 Å². The maximum Gasteiger partial charge on any atom is 0.242 e. The number of hydrogen-bond acceptors (Lipinski definition) is 4. The summed E-state index contributed by atoms with van der Waals surface area (Å²) in [7, 11) is 0.103. The van der Waals surface area contributed by atoms with Crippen LogP contribution in [-0.2, 0) is 10.0 Å². The molecule has 3 N–H and O–H groups in total. The maximum atomic E-state index is 12.1. The van der Waals surface area contributed by atoms with E-state index in [-0.39, 0.29) is 16.6 Å². The van der Waals surface area contributed by atoms with E-state index < -0.39 is 10.0 Å². The van der Waals surface area contributed by atoms with E-state index in [4.69, 9.17) is 17.3 Å². The number of anilines is 1. The summed E-state index contributed by atoms with van der Waals surface area (Å²) in [5.41, 5.74) is 5.85. The van der Waals surface area contributed by atoms with E-state index in [0.29, 0.717) is 11.6 Å². The van der Waals surface area contributed by atoms with Gasteiger partial charge in [-0.2, -0.15) is 0 Å². The van der Waals surface area contributed by atoms with Gasteiger partial charge in [0.05, 0.1) is 5.69 Å². The summed E-state index contributed by atoms with van der Waals surface area (Å²) in [6.45, 7) is 2.39. The van der Waals surface area contributed by atoms with E-state index in [0.717, 1.165) is 0 Å². The Morgan fingerprint density at radius 2 is 2.06 bits per heavy atom. The van der Waals surface area contributed by atoms with Crippen LogP contribution in [0, 0.1) is 0 Å². The van der Waals surface area contributed by atoms with E-state index in [2.05, 4.69) is 4.72 Å². The van der Waals surface area contributed by atoms with Gasteiger partial charge < -0.3 is 10.6 Å².